The van der Waals surface area contributed by atoms with Crippen molar-refractivity contribution < 1.29 is 17.9 Å². The monoisotopic (exact) mass is 359 g/mol. The van der Waals surface area contributed by atoms with Crippen LogP contribution in [0.2, 0.25) is 0 Å². The summed E-state index contributed by atoms with van der Waals surface area (Å²) < 4.78 is 36.6. The summed E-state index contributed by atoms with van der Waals surface area (Å²) in [6.07, 6.45) is 1.37. The van der Waals surface area contributed by atoms with Crippen molar-refractivity contribution in [2.45, 2.75) is 11.8 Å². The van der Waals surface area contributed by atoms with Gasteiger partial charge >= 0.3 is 0 Å². The molecule has 0 saturated carbocycles. The van der Waals surface area contributed by atoms with E-state index in [9.17, 15) is 8.42 Å². The molecule has 0 amide bonds. The van der Waals surface area contributed by atoms with Crippen molar-refractivity contribution in [3.05, 3.63) is 54.2 Å². The van der Waals surface area contributed by atoms with Gasteiger partial charge in [-0.05, 0) is 37.3 Å². The summed E-state index contributed by atoms with van der Waals surface area (Å²) in [6, 6.07) is 11.8. The molecule has 0 unspecified atom stereocenters. The van der Waals surface area contributed by atoms with Gasteiger partial charge in [-0.1, -0.05) is 22.9 Å². The van der Waals surface area contributed by atoms with Crippen molar-refractivity contribution in [3.8, 4) is 22.8 Å². The molecule has 0 aliphatic rings. The number of aromatic nitrogens is 3. The topological polar surface area (TPSA) is 83.3 Å². The summed E-state index contributed by atoms with van der Waals surface area (Å²) in [5, 5.41) is 7.73. The standard InChI is InChI=1S/C17H17N3O4S/c1-12-4-7-14(8-5-12)25(21,22)20-11-15(18-19-20)13-6-9-16(23-2)17(10-13)24-3/h4-11H,1-3H3. The van der Waals surface area contributed by atoms with Crippen molar-refractivity contribution in [2.24, 2.45) is 0 Å². The summed E-state index contributed by atoms with van der Waals surface area (Å²) in [5.41, 5.74) is 2.06. The molecule has 7 nitrogen and oxygen atoms in total. The lowest BCUT2D eigenvalue weighted by Gasteiger charge is -2.08. The zero-order chi connectivity index (χ0) is 18.0. The second kappa shape index (κ2) is 6.56. The lowest BCUT2D eigenvalue weighted by atomic mass is 10.1. The van der Waals surface area contributed by atoms with Gasteiger partial charge in [-0.25, -0.2) is 0 Å². The summed E-state index contributed by atoms with van der Waals surface area (Å²) in [7, 11) is -0.713. The molecule has 0 atom stereocenters. The zero-order valence-corrected chi connectivity index (χ0v) is 14.8. The third kappa shape index (κ3) is 3.20. The van der Waals surface area contributed by atoms with Crippen LogP contribution in [0.5, 0.6) is 11.5 Å². The Bertz CT molecular complexity index is 995. The fourth-order valence-electron chi connectivity index (χ4n) is 2.31. The minimum absolute atomic E-state index is 0.155. The van der Waals surface area contributed by atoms with Crippen LogP contribution in [0.15, 0.2) is 53.6 Å². The number of nitrogens with zero attached hydrogens (tertiary/aromatic N) is 3. The van der Waals surface area contributed by atoms with Gasteiger partial charge in [-0.15, -0.1) is 9.19 Å². The number of methoxy groups -OCH3 is 2. The molecule has 0 saturated heterocycles. The van der Waals surface area contributed by atoms with E-state index in [0.717, 1.165) is 9.65 Å². The molecule has 8 heteroatoms. The molecule has 130 valence electrons. The number of ether oxygens (including phenoxy) is 2. The number of hydrogen-bond acceptors (Lipinski definition) is 6. The van der Waals surface area contributed by atoms with E-state index in [1.54, 1.807) is 49.6 Å². The van der Waals surface area contributed by atoms with Gasteiger partial charge in [0.05, 0.1) is 25.3 Å². The highest BCUT2D eigenvalue weighted by atomic mass is 32.2. The zero-order valence-electron chi connectivity index (χ0n) is 14.0. The highest BCUT2D eigenvalue weighted by molar-refractivity contribution is 7.89. The van der Waals surface area contributed by atoms with Gasteiger partial charge in [0.2, 0.25) is 0 Å². The van der Waals surface area contributed by atoms with E-state index in [4.69, 9.17) is 9.47 Å². The van der Waals surface area contributed by atoms with E-state index < -0.39 is 10.0 Å². The van der Waals surface area contributed by atoms with E-state index in [2.05, 4.69) is 10.3 Å². The van der Waals surface area contributed by atoms with Gasteiger partial charge in [0.25, 0.3) is 10.0 Å². The van der Waals surface area contributed by atoms with Crippen LogP contribution in [0.4, 0.5) is 0 Å². The molecule has 0 spiro atoms. The number of benzene rings is 2. The highest BCUT2D eigenvalue weighted by Crippen LogP contribution is 2.31. The van der Waals surface area contributed by atoms with E-state index in [-0.39, 0.29) is 4.90 Å². The molecule has 3 aromatic rings. The lowest BCUT2D eigenvalue weighted by molar-refractivity contribution is 0.355. The van der Waals surface area contributed by atoms with Crippen molar-refractivity contribution in [1.82, 2.24) is 14.4 Å². The van der Waals surface area contributed by atoms with Gasteiger partial charge in [-0.2, -0.15) is 8.42 Å². The van der Waals surface area contributed by atoms with Gasteiger partial charge < -0.3 is 9.47 Å². The molecule has 1 aromatic heterocycles. The third-order valence-electron chi connectivity index (χ3n) is 3.72. The lowest BCUT2D eigenvalue weighted by Crippen LogP contribution is -2.13. The van der Waals surface area contributed by atoms with Crippen LogP contribution in [0.3, 0.4) is 0 Å². The molecule has 0 aliphatic heterocycles. The molecule has 1 heterocycles. The van der Waals surface area contributed by atoms with Gasteiger partial charge in [-0.3, -0.25) is 0 Å². The first kappa shape index (κ1) is 17.0. The maximum atomic E-state index is 12.6. The summed E-state index contributed by atoms with van der Waals surface area (Å²) in [4.78, 5) is 0.155. The Balaban J connectivity index is 1.99. The van der Waals surface area contributed by atoms with Crippen LogP contribution in [0.1, 0.15) is 5.56 Å². The minimum atomic E-state index is -3.78. The molecule has 25 heavy (non-hydrogen) atoms. The largest absolute Gasteiger partial charge is 0.493 e. The summed E-state index contributed by atoms with van der Waals surface area (Å²) >= 11 is 0. The van der Waals surface area contributed by atoms with Crippen LogP contribution in [-0.2, 0) is 10.0 Å². The predicted octanol–water partition coefficient (Wildman–Crippen LogP) is 2.51. The molecule has 0 N–H and O–H groups in total. The first-order chi connectivity index (χ1) is 12.0. The Morgan fingerprint density at radius 2 is 1.64 bits per heavy atom. The van der Waals surface area contributed by atoms with Crippen LogP contribution in [0.25, 0.3) is 11.3 Å². The fourth-order valence-corrected chi connectivity index (χ4v) is 3.38. The van der Waals surface area contributed by atoms with Crippen LogP contribution >= 0.6 is 0 Å². The highest BCUT2D eigenvalue weighted by Gasteiger charge is 2.19. The fraction of sp³-hybridized carbons (Fsp3) is 0.176. The quantitative estimate of drug-likeness (QED) is 0.696. The Kier molecular flexibility index (Phi) is 4.45. The number of hydrogen-bond donors (Lipinski definition) is 0. The van der Waals surface area contributed by atoms with Crippen LogP contribution < -0.4 is 9.47 Å². The summed E-state index contributed by atoms with van der Waals surface area (Å²) in [5.74, 6) is 1.10. The van der Waals surface area contributed by atoms with Crippen LogP contribution in [0, 0.1) is 6.92 Å². The Labute approximate surface area is 145 Å². The van der Waals surface area contributed by atoms with Crippen molar-refractivity contribution in [1.29, 1.82) is 0 Å². The Hall–Kier alpha value is -2.87. The Morgan fingerprint density at radius 3 is 2.28 bits per heavy atom. The van der Waals surface area contributed by atoms with E-state index in [1.807, 2.05) is 6.92 Å². The molecular formula is C17H17N3O4S. The van der Waals surface area contributed by atoms with Gasteiger partial charge in [0, 0.05) is 5.56 Å². The van der Waals surface area contributed by atoms with E-state index >= 15 is 0 Å². The first-order valence-corrected chi connectivity index (χ1v) is 8.86. The number of rotatable bonds is 5. The molecular weight excluding hydrogens is 342 g/mol. The average molecular weight is 359 g/mol. The second-order valence-electron chi connectivity index (χ2n) is 5.36. The van der Waals surface area contributed by atoms with Gasteiger partial charge in [0.15, 0.2) is 11.5 Å². The smallest absolute Gasteiger partial charge is 0.284 e. The number of aryl methyl sites for hydroxylation is 1. The van der Waals surface area contributed by atoms with Crippen molar-refractivity contribution in [3.63, 3.8) is 0 Å². The van der Waals surface area contributed by atoms with E-state index in [1.165, 1.54) is 13.3 Å². The molecule has 3 rings (SSSR count). The maximum absolute atomic E-state index is 12.6. The third-order valence-corrected chi connectivity index (χ3v) is 5.26. The first-order valence-electron chi connectivity index (χ1n) is 7.42. The molecule has 0 fully saturated rings. The minimum Gasteiger partial charge on any atom is -0.493 e. The SMILES string of the molecule is COc1ccc(-c2cn(S(=O)(=O)c3ccc(C)cc3)nn2)cc1OC. The predicted molar refractivity (Wildman–Crippen MR) is 92.3 cm³/mol. The second-order valence-corrected chi connectivity index (χ2v) is 7.16. The molecule has 0 radical (unpaired) electrons. The maximum Gasteiger partial charge on any atom is 0.284 e. The summed E-state index contributed by atoms with van der Waals surface area (Å²) in [6.45, 7) is 1.89. The Morgan fingerprint density at radius 1 is 0.960 bits per heavy atom. The average Bonchev–Trinajstić information content (AvgIpc) is 3.12. The van der Waals surface area contributed by atoms with Crippen molar-refractivity contribution >= 4 is 10.0 Å². The van der Waals surface area contributed by atoms with E-state index in [0.29, 0.717) is 22.8 Å². The molecule has 0 aliphatic carbocycles. The van der Waals surface area contributed by atoms with Crippen LogP contribution in [-0.4, -0.2) is 37.0 Å². The van der Waals surface area contributed by atoms with Crippen molar-refractivity contribution in [2.75, 3.05) is 14.2 Å². The normalized spacial score (nSPS) is 11.3. The van der Waals surface area contributed by atoms with Gasteiger partial charge in [0.1, 0.15) is 5.69 Å². The molecule has 2 aromatic carbocycles. The molecule has 0 bridgehead atoms.